The van der Waals surface area contributed by atoms with Crippen molar-refractivity contribution in [3.8, 4) is 0 Å². The molecule has 1 aliphatic heterocycles. The number of hydrogen-bond donors (Lipinski definition) is 0. The van der Waals surface area contributed by atoms with Crippen LogP contribution in [-0.4, -0.2) is 73.4 Å². The van der Waals surface area contributed by atoms with Crippen LogP contribution in [0.4, 0.5) is 0 Å². The number of piperidine rings is 1. The second-order valence-electron chi connectivity index (χ2n) is 7.48. The monoisotopic (exact) mass is 393 g/mol. The number of amides is 2. The van der Waals surface area contributed by atoms with E-state index in [4.69, 9.17) is 0 Å². The van der Waals surface area contributed by atoms with Crippen molar-refractivity contribution in [2.45, 2.75) is 25.7 Å². The summed E-state index contributed by atoms with van der Waals surface area (Å²) in [5.74, 6) is -0.0861. The Hall–Kier alpha value is -3.36. The molecule has 3 aromatic rings. The Morgan fingerprint density at radius 3 is 2.76 bits per heavy atom. The van der Waals surface area contributed by atoms with Crippen molar-refractivity contribution in [1.82, 2.24) is 34.4 Å². The Balaban J connectivity index is 1.64. The summed E-state index contributed by atoms with van der Waals surface area (Å²) in [5.41, 5.74) is 3.17. The van der Waals surface area contributed by atoms with Crippen LogP contribution in [0, 0.1) is 6.92 Å². The number of aryl methyl sites for hydroxylation is 1. The molecule has 29 heavy (non-hydrogen) atoms. The first-order valence-corrected chi connectivity index (χ1v) is 9.57. The largest absolute Gasteiger partial charge is 0.345 e. The molecular formula is C20H23N7O2. The van der Waals surface area contributed by atoms with Gasteiger partial charge in [-0.3, -0.25) is 9.59 Å². The summed E-state index contributed by atoms with van der Waals surface area (Å²) >= 11 is 0. The fourth-order valence-electron chi connectivity index (χ4n) is 3.78. The van der Waals surface area contributed by atoms with Crippen molar-refractivity contribution >= 4 is 17.5 Å². The fraction of sp³-hybridized carbons (Fsp3) is 0.400. The van der Waals surface area contributed by atoms with E-state index in [1.165, 1.54) is 11.2 Å². The Kier molecular flexibility index (Phi) is 4.96. The van der Waals surface area contributed by atoms with Crippen LogP contribution in [-0.2, 0) is 0 Å². The Labute approximate surface area is 168 Å². The van der Waals surface area contributed by atoms with Gasteiger partial charge in [0.2, 0.25) is 0 Å². The van der Waals surface area contributed by atoms with Gasteiger partial charge in [0, 0.05) is 45.5 Å². The van der Waals surface area contributed by atoms with Crippen LogP contribution in [0.2, 0.25) is 0 Å². The van der Waals surface area contributed by atoms with Crippen molar-refractivity contribution in [3.63, 3.8) is 0 Å². The molecule has 0 N–H and O–H groups in total. The SMILES string of the molecule is Cc1ncncc1C(=O)N1CCC[C@H](c2ccnc3c(C(=O)N(C)C)cnn23)C1. The highest BCUT2D eigenvalue weighted by Gasteiger charge is 2.29. The average Bonchev–Trinajstić information content (AvgIpc) is 3.17. The molecule has 0 aromatic carbocycles. The van der Waals surface area contributed by atoms with Gasteiger partial charge in [0.15, 0.2) is 5.65 Å². The zero-order valence-electron chi connectivity index (χ0n) is 16.7. The summed E-state index contributed by atoms with van der Waals surface area (Å²) in [4.78, 5) is 41.2. The van der Waals surface area contributed by atoms with Gasteiger partial charge < -0.3 is 9.80 Å². The standard InChI is InChI=1S/C20H23N7O2/c1-13-15(9-21-12-23-13)20(29)26-8-4-5-14(11-26)17-6-7-22-18-16(10-24-27(17)18)19(28)25(2)3/h6-7,9-10,12,14H,4-5,8,11H2,1-3H3/t14-/m0/s1. The summed E-state index contributed by atoms with van der Waals surface area (Å²) in [6.45, 7) is 3.08. The molecule has 1 saturated heterocycles. The van der Waals surface area contributed by atoms with Crippen LogP contribution in [0.5, 0.6) is 0 Å². The lowest BCUT2D eigenvalue weighted by Gasteiger charge is -2.33. The predicted octanol–water partition coefficient (Wildman–Crippen LogP) is 1.55. The van der Waals surface area contributed by atoms with E-state index in [0.29, 0.717) is 35.6 Å². The Morgan fingerprint density at radius 2 is 2.00 bits per heavy atom. The zero-order valence-corrected chi connectivity index (χ0v) is 16.7. The van der Waals surface area contributed by atoms with Gasteiger partial charge in [-0.25, -0.2) is 19.5 Å². The number of carbonyl (C=O) groups is 2. The number of fused-ring (bicyclic) bond motifs is 1. The molecule has 1 aliphatic rings. The summed E-state index contributed by atoms with van der Waals surface area (Å²) in [5, 5.41) is 4.42. The molecule has 1 fully saturated rings. The van der Waals surface area contributed by atoms with Gasteiger partial charge in [0.05, 0.1) is 23.1 Å². The highest BCUT2D eigenvalue weighted by Crippen LogP contribution is 2.28. The van der Waals surface area contributed by atoms with Crippen molar-refractivity contribution < 1.29 is 9.59 Å². The van der Waals surface area contributed by atoms with Crippen LogP contribution in [0.1, 0.15) is 50.9 Å². The molecule has 4 heterocycles. The van der Waals surface area contributed by atoms with Crippen molar-refractivity contribution in [3.05, 3.63) is 53.5 Å². The van der Waals surface area contributed by atoms with Crippen LogP contribution in [0.15, 0.2) is 31.0 Å². The van der Waals surface area contributed by atoms with Gasteiger partial charge in [-0.15, -0.1) is 0 Å². The first-order chi connectivity index (χ1) is 14.0. The van der Waals surface area contributed by atoms with Crippen molar-refractivity contribution in [2.24, 2.45) is 0 Å². The third-order valence-corrected chi connectivity index (χ3v) is 5.34. The van der Waals surface area contributed by atoms with Gasteiger partial charge in [0.1, 0.15) is 11.9 Å². The Bertz CT molecular complexity index is 1080. The summed E-state index contributed by atoms with van der Waals surface area (Å²) in [6.07, 6.45) is 8.11. The van der Waals surface area contributed by atoms with E-state index >= 15 is 0 Å². The number of hydrogen-bond acceptors (Lipinski definition) is 6. The fourth-order valence-corrected chi connectivity index (χ4v) is 3.78. The average molecular weight is 393 g/mol. The van der Waals surface area contributed by atoms with E-state index in [0.717, 1.165) is 18.5 Å². The van der Waals surface area contributed by atoms with E-state index in [1.54, 1.807) is 37.2 Å². The highest BCUT2D eigenvalue weighted by molar-refractivity contribution is 5.99. The smallest absolute Gasteiger partial charge is 0.258 e. The first-order valence-electron chi connectivity index (χ1n) is 9.57. The van der Waals surface area contributed by atoms with E-state index < -0.39 is 0 Å². The molecule has 0 saturated carbocycles. The van der Waals surface area contributed by atoms with Gasteiger partial charge in [-0.05, 0) is 25.8 Å². The molecule has 0 spiro atoms. The molecule has 4 rings (SSSR count). The lowest BCUT2D eigenvalue weighted by molar-refractivity contribution is 0.0703. The van der Waals surface area contributed by atoms with Crippen LogP contribution < -0.4 is 0 Å². The Morgan fingerprint density at radius 1 is 1.17 bits per heavy atom. The minimum atomic E-state index is -0.135. The molecule has 9 nitrogen and oxygen atoms in total. The molecule has 0 radical (unpaired) electrons. The van der Waals surface area contributed by atoms with E-state index in [-0.39, 0.29) is 17.7 Å². The second-order valence-corrected chi connectivity index (χ2v) is 7.48. The number of carbonyl (C=O) groups excluding carboxylic acids is 2. The zero-order chi connectivity index (χ0) is 20.5. The second kappa shape index (κ2) is 7.57. The summed E-state index contributed by atoms with van der Waals surface area (Å²) in [7, 11) is 3.41. The summed E-state index contributed by atoms with van der Waals surface area (Å²) in [6, 6.07) is 1.92. The molecule has 1 atom stereocenters. The minimum absolute atomic E-state index is 0.0537. The van der Waals surface area contributed by atoms with Crippen molar-refractivity contribution in [1.29, 1.82) is 0 Å². The molecule has 0 bridgehead atoms. The van der Waals surface area contributed by atoms with Crippen LogP contribution in [0.3, 0.4) is 0 Å². The predicted molar refractivity (Wildman–Crippen MR) is 106 cm³/mol. The molecule has 150 valence electrons. The first kappa shape index (κ1) is 19.0. The number of likely N-dealkylation sites (tertiary alicyclic amines) is 1. The quantitative estimate of drug-likeness (QED) is 0.670. The number of aromatic nitrogens is 5. The van der Waals surface area contributed by atoms with E-state index in [2.05, 4.69) is 20.1 Å². The van der Waals surface area contributed by atoms with Gasteiger partial charge >= 0.3 is 0 Å². The van der Waals surface area contributed by atoms with Crippen LogP contribution in [0.25, 0.3) is 5.65 Å². The molecule has 2 amide bonds. The van der Waals surface area contributed by atoms with E-state index in [1.807, 2.05) is 17.9 Å². The normalized spacial score (nSPS) is 16.8. The molecule has 0 aliphatic carbocycles. The maximum absolute atomic E-state index is 13.0. The third kappa shape index (κ3) is 3.43. The number of rotatable bonds is 3. The maximum atomic E-state index is 13.0. The van der Waals surface area contributed by atoms with Gasteiger partial charge in [0.25, 0.3) is 11.8 Å². The summed E-state index contributed by atoms with van der Waals surface area (Å²) < 4.78 is 1.73. The lowest BCUT2D eigenvalue weighted by atomic mass is 9.94. The molecule has 3 aromatic heterocycles. The molecule has 0 unspecified atom stereocenters. The molecule has 9 heteroatoms. The topological polar surface area (TPSA) is 96.6 Å². The lowest BCUT2D eigenvalue weighted by Crippen LogP contribution is -2.40. The molecular weight excluding hydrogens is 370 g/mol. The third-order valence-electron chi connectivity index (χ3n) is 5.34. The minimum Gasteiger partial charge on any atom is -0.345 e. The van der Waals surface area contributed by atoms with E-state index in [9.17, 15) is 9.59 Å². The van der Waals surface area contributed by atoms with Crippen LogP contribution >= 0.6 is 0 Å². The number of nitrogens with zero attached hydrogens (tertiary/aromatic N) is 7. The van der Waals surface area contributed by atoms with Gasteiger partial charge in [-0.2, -0.15) is 5.10 Å². The maximum Gasteiger partial charge on any atom is 0.258 e. The highest BCUT2D eigenvalue weighted by atomic mass is 16.2. The van der Waals surface area contributed by atoms with Crippen molar-refractivity contribution in [2.75, 3.05) is 27.2 Å². The van der Waals surface area contributed by atoms with Gasteiger partial charge in [-0.1, -0.05) is 0 Å².